The van der Waals surface area contributed by atoms with E-state index in [0.29, 0.717) is 5.56 Å². The van der Waals surface area contributed by atoms with E-state index in [9.17, 15) is 9.59 Å². The van der Waals surface area contributed by atoms with E-state index in [1.807, 2.05) is 43.3 Å². The van der Waals surface area contributed by atoms with E-state index in [2.05, 4.69) is 5.32 Å². The van der Waals surface area contributed by atoms with Crippen molar-refractivity contribution < 1.29 is 14.7 Å². The van der Waals surface area contributed by atoms with Crippen molar-refractivity contribution in [3.63, 3.8) is 0 Å². The van der Waals surface area contributed by atoms with Crippen LogP contribution in [-0.4, -0.2) is 23.5 Å². The smallest absolute Gasteiger partial charge is 0.322 e. The Hall–Kier alpha value is -2.62. The summed E-state index contributed by atoms with van der Waals surface area (Å²) in [4.78, 5) is 22.6. The monoisotopic (exact) mass is 269 g/mol. The molecule has 0 spiro atoms. The first-order valence-corrected chi connectivity index (χ1v) is 6.24. The number of rotatable bonds is 4. The van der Waals surface area contributed by atoms with E-state index in [-0.39, 0.29) is 12.5 Å². The molecule has 0 radical (unpaired) electrons. The minimum atomic E-state index is -1.06. The Morgan fingerprint density at radius 1 is 1.00 bits per heavy atom. The van der Waals surface area contributed by atoms with E-state index in [4.69, 9.17) is 5.11 Å². The summed E-state index contributed by atoms with van der Waals surface area (Å²) < 4.78 is 0. The van der Waals surface area contributed by atoms with Crippen molar-refractivity contribution in [3.05, 3.63) is 59.7 Å². The quantitative estimate of drug-likeness (QED) is 0.896. The number of carboxylic acids is 1. The van der Waals surface area contributed by atoms with Crippen molar-refractivity contribution in [2.45, 2.75) is 6.92 Å². The number of aryl methyl sites for hydroxylation is 1. The molecular weight excluding hydrogens is 254 g/mol. The maximum atomic E-state index is 12.1. The molecule has 0 saturated carbocycles. The van der Waals surface area contributed by atoms with Gasteiger partial charge >= 0.3 is 5.97 Å². The molecule has 4 heteroatoms. The zero-order valence-electron chi connectivity index (χ0n) is 11.1. The van der Waals surface area contributed by atoms with Gasteiger partial charge in [0.2, 0.25) is 0 Å². The van der Waals surface area contributed by atoms with Crippen molar-refractivity contribution >= 4 is 11.9 Å². The van der Waals surface area contributed by atoms with Crippen LogP contribution in [0.25, 0.3) is 11.1 Å². The number of amides is 1. The Kier molecular flexibility index (Phi) is 4.15. The van der Waals surface area contributed by atoms with Crippen molar-refractivity contribution in [3.8, 4) is 11.1 Å². The number of carbonyl (C=O) groups excluding carboxylic acids is 1. The first-order valence-electron chi connectivity index (χ1n) is 6.24. The number of benzene rings is 2. The summed E-state index contributed by atoms with van der Waals surface area (Å²) in [7, 11) is 0. The molecule has 2 N–H and O–H groups in total. The van der Waals surface area contributed by atoms with Gasteiger partial charge in [-0.2, -0.15) is 0 Å². The summed E-state index contributed by atoms with van der Waals surface area (Å²) in [6, 6.07) is 14.9. The van der Waals surface area contributed by atoms with Gasteiger partial charge in [-0.3, -0.25) is 9.59 Å². The minimum Gasteiger partial charge on any atom is -0.480 e. The molecule has 20 heavy (non-hydrogen) atoms. The Morgan fingerprint density at radius 2 is 1.60 bits per heavy atom. The number of aliphatic carboxylic acids is 1. The number of carbonyl (C=O) groups is 2. The lowest BCUT2D eigenvalue weighted by Crippen LogP contribution is -2.29. The zero-order chi connectivity index (χ0) is 14.5. The fraction of sp³-hybridized carbons (Fsp3) is 0.125. The third-order valence-corrected chi connectivity index (χ3v) is 3.01. The molecule has 1 amide bonds. The summed E-state index contributed by atoms with van der Waals surface area (Å²) >= 11 is 0. The molecule has 0 atom stereocenters. The van der Waals surface area contributed by atoms with Crippen molar-refractivity contribution in [1.29, 1.82) is 0 Å². The zero-order valence-corrected chi connectivity index (χ0v) is 11.1. The minimum absolute atomic E-state index is 0.383. The Bertz CT molecular complexity index is 650. The van der Waals surface area contributed by atoms with Gasteiger partial charge in [-0.15, -0.1) is 0 Å². The van der Waals surface area contributed by atoms with Gasteiger partial charge in [0, 0.05) is 5.56 Å². The van der Waals surface area contributed by atoms with Gasteiger partial charge in [-0.05, 0) is 29.7 Å². The first kappa shape index (κ1) is 13.8. The highest BCUT2D eigenvalue weighted by molar-refractivity contribution is 6.02. The highest BCUT2D eigenvalue weighted by atomic mass is 16.4. The fourth-order valence-corrected chi connectivity index (χ4v) is 2.04. The van der Waals surface area contributed by atoms with E-state index in [0.717, 1.165) is 16.7 Å². The van der Waals surface area contributed by atoms with Gasteiger partial charge in [0.15, 0.2) is 0 Å². The fourth-order valence-electron chi connectivity index (χ4n) is 2.04. The molecule has 102 valence electrons. The second-order valence-corrected chi connectivity index (χ2v) is 4.44. The molecule has 2 aromatic carbocycles. The van der Waals surface area contributed by atoms with Gasteiger partial charge in [-0.1, -0.05) is 42.5 Å². The predicted octanol–water partition coefficient (Wildman–Crippen LogP) is 2.48. The molecule has 0 aliphatic carbocycles. The summed E-state index contributed by atoms with van der Waals surface area (Å²) in [5, 5.41) is 11.0. The topological polar surface area (TPSA) is 66.4 Å². The highest BCUT2D eigenvalue weighted by Crippen LogP contribution is 2.26. The molecule has 0 bridgehead atoms. The van der Waals surface area contributed by atoms with Crippen LogP contribution in [-0.2, 0) is 4.79 Å². The van der Waals surface area contributed by atoms with Crippen LogP contribution in [0.4, 0.5) is 0 Å². The van der Waals surface area contributed by atoms with Crippen LogP contribution in [0.3, 0.4) is 0 Å². The lowest BCUT2D eigenvalue weighted by molar-refractivity contribution is -0.135. The second-order valence-electron chi connectivity index (χ2n) is 4.44. The van der Waals surface area contributed by atoms with Crippen LogP contribution >= 0.6 is 0 Å². The van der Waals surface area contributed by atoms with Crippen molar-refractivity contribution in [2.24, 2.45) is 0 Å². The molecule has 0 aliphatic rings. The maximum absolute atomic E-state index is 12.1. The predicted molar refractivity (Wildman–Crippen MR) is 76.6 cm³/mol. The van der Waals surface area contributed by atoms with Gasteiger partial charge in [0.1, 0.15) is 6.54 Å². The van der Waals surface area contributed by atoms with Gasteiger partial charge < -0.3 is 10.4 Å². The second kappa shape index (κ2) is 6.02. The van der Waals surface area contributed by atoms with E-state index >= 15 is 0 Å². The summed E-state index contributed by atoms with van der Waals surface area (Å²) in [6.45, 7) is 1.59. The Labute approximate surface area is 117 Å². The summed E-state index contributed by atoms with van der Waals surface area (Å²) in [6.07, 6.45) is 0. The molecule has 0 unspecified atom stereocenters. The van der Waals surface area contributed by atoms with Gasteiger partial charge in [0.05, 0.1) is 0 Å². The number of carboxylic acid groups (broad SMARTS) is 1. The van der Waals surface area contributed by atoms with Crippen LogP contribution in [0, 0.1) is 6.92 Å². The van der Waals surface area contributed by atoms with E-state index < -0.39 is 5.97 Å². The molecule has 0 aliphatic heterocycles. The standard InChI is InChI=1S/C16H15NO3/c1-11-6-2-3-7-12(11)13-8-4-5-9-14(13)16(20)17-10-15(18)19/h2-9H,10H2,1H3,(H,17,20)(H,18,19). The maximum Gasteiger partial charge on any atom is 0.322 e. The normalized spacial score (nSPS) is 10.1. The van der Waals surface area contributed by atoms with Gasteiger partial charge in [0.25, 0.3) is 5.91 Å². The largest absolute Gasteiger partial charge is 0.480 e. The third kappa shape index (κ3) is 3.03. The Morgan fingerprint density at radius 3 is 2.25 bits per heavy atom. The van der Waals surface area contributed by atoms with Crippen LogP contribution in [0.15, 0.2) is 48.5 Å². The molecule has 4 nitrogen and oxygen atoms in total. The van der Waals surface area contributed by atoms with E-state index in [1.54, 1.807) is 12.1 Å². The number of nitrogens with one attached hydrogen (secondary N) is 1. The lowest BCUT2D eigenvalue weighted by Gasteiger charge is -2.11. The molecule has 2 rings (SSSR count). The lowest BCUT2D eigenvalue weighted by atomic mass is 9.96. The van der Waals surface area contributed by atoms with Crippen LogP contribution in [0.5, 0.6) is 0 Å². The van der Waals surface area contributed by atoms with Crippen LogP contribution in [0.1, 0.15) is 15.9 Å². The number of hydrogen-bond donors (Lipinski definition) is 2. The average Bonchev–Trinajstić information content (AvgIpc) is 2.45. The molecular formula is C16H15NO3. The molecule has 0 heterocycles. The molecule has 0 fully saturated rings. The van der Waals surface area contributed by atoms with Gasteiger partial charge in [-0.25, -0.2) is 0 Å². The average molecular weight is 269 g/mol. The summed E-state index contributed by atoms with van der Waals surface area (Å²) in [5.74, 6) is -1.45. The molecule has 0 aromatic heterocycles. The SMILES string of the molecule is Cc1ccccc1-c1ccccc1C(=O)NCC(=O)O. The number of hydrogen-bond acceptors (Lipinski definition) is 2. The third-order valence-electron chi connectivity index (χ3n) is 3.01. The van der Waals surface area contributed by atoms with Crippen LogP contribution in [0.2, 0.25) is 0 Å². The molecule has 0 saturated heterocycles. The first-order chi connectivity index (χ1) is 9.59. The van der Waals surface area contributed by atoms with E-state index in [1.165, 1.54) is 0 Å². The van der Waals surface area contributed by atoms with Crippen LogP contribution < -0.4 is 5.32 Å². The van der Waals surface area contributed by atoms with Crippen molar-refractivity contribution in [1.82, 2.24) is 5.32 Å². The van der Waals surface area contributed by atoms with Crippen molar-refractivity contribution in [2.75, 3.05) is 6.54 Å². The molecule has 2 aromatic rings. The summed E-state index contributed by atoms with van der Waals surface area (Å²) in [5.41, 5.74) is 3.30. The Balaban J connectivity index is 2.39. The highest BCUT2D eigenvalue weighted by Gasteiger charge is 2.13.